The third-order valence-corrected chi connectivity index (χ3v) is 3.29. The SMILES string of the molecule is N#CN1CC=C(c2c[nH]c3ccccc23)CC1. The van der Waals surface area contributed by atoms with Gasteiger partial charge in [0.25, 0.3) is 0 Å². The van der Waals surface area contributed by atoms with E-state index in [-0.39, 0.29) is 0 Å². The summed E-state index contributed by atoms with van der Waals surface area (Å²) >= 11 is 0. The van der Waals surface area contributed by atoms with Crippen molar-refractivity contribution in [1.29, 1.82) is 5.26 Å². The molecule has 0 radical (unpaired) electrons. The van der Waals surface area contributed by atoms with E-state index in [2.05, 4.69) is 41.6 Å². The Morgan fingerprint density at radius 3 is 2.94 bits per heavy atom. The van der Waals surface area contributed by atoms with Gasteiger partial charge in [0.1, 0.15) is 0 Å². The fourth-order valence-corrected chi connectivity index (χ4v) is 2.34. The number of hydrogen-bond acceptors (Lipinski definition) is 2. The second-order valence-corrected chi connectivity index (χ2v) is 4.27. The van der Waals surface area contributed by atoms with Crippen LogP contribution in [0.3, 0.4) is 0 Å². The Hall–Kier alpha value is -2.21. The highest BCUT2D eigenvalue weighted by Gasteiger charge is 2.13. The second-order valence-electron chi connectivity index (χ2n) is 4.27. The van der Waals surface area contributed by atoms with Crippen molar-refractivity contribution in [2.45, 2.75) is 6.42 Å². The third-order valence-electron chi connectivity index (χ3n) is 3.29. The monoisotopic (exact) mass is 223 g/mol. The van der Waals surface area contributed by atoms with Crippen molar-refractivity contribution in [3.05, 3.63) is 42.1 Å². The van der Waals surface area contributed by atoms with Gasteiger partial charge in [-0.1, -0.05) is 24.3 Å². The zero-order valence-corrected chi connectivity index (χ0v) is 9.48. The van der Waals surface area contributed by atoms with Crippen LogP contribution in [-0.4, -0.2) is 23.0 Å². The van der Waals surface area contributed by atoms with Crippen LogP contribution < -0.4 is 0 Å². The van der Waals surface area contributed by atoms with Crippen LogP contribution in [0.15, 0.2) is 36.5 Å². The lowest BCUT2D eigenvalue weighted by atomic mass is 9.99. The van der Waals surface area contributed by atoms with Gasteiger partial charge in [-0.25, -0.2) is 0 Å². The number of rotatable bonds is 1. The predicted molar refractivity (Wildman–Crippen MR) is 68.1 cm³/mol. The van der Waals surface area contributed by atoms with Gasteiger partial charge in [0.05, 0.1) is 0 Å². The van der Waals surface area contributed by atoms with Gasteiger partial charge < -0.3 is 9.88 Å². The fourth-order valence-electron chi connectivity index (χ4n) is 2.34. The zero-order valence-electron chi connectivity index (χ0n) is 9.48. The molecule has 1 aliphatic rings. The van der Waals surface area contributed by atoms with Crippen molar-refractivity contribution >= 4 is 16.5 Å². The Morgan fingerprint density at radius 2 is 2.18 bits per heavy atom. The summed E-state index contributed by atoms with van der Waals surface area (Å²) < 4.78 is 0. The molecule has 0 aliphatic carbocycles. The molecule has 1 N–H and O–H groups in total. The Balaban J connectivity index is 2.00. The maximum absolute atomic E-state index is 8.82. The average Bonchev–Trinajstić information content (AvgIpc) is 2.83. The summed E-state index contributed by atoms with van der Waals surface area (Å²) in [6.45, 7) is 1.55. The fraction of sp³-hybridized carbons (Fsp3) is 0.214. The summed E-state index contributed by atoms with van der Waals surface area (Å²) in [5.41, 5.74) is 3.79. The molecule has 0 saturated carbocycles. The smallest absolute Gasteiger partial charge is 0.179 e. The van der Waals surface area contributed by atoms with E-state index in [9.17, 15) is 0 Å². The highest BCUT2D eigenvalue weighted by Crippen LogP contribution is 2.28. The van der Waals surface area contributed by atoms with E-state index in [4.69, 9.17) is 5.26 Å². The lowest BCUT2D eigenvalue weighted by molar-refractivity contribution is 0.431. The summed E-state index contributed by atoms with van der Waals surface area (Å²) in [4.78, 5) is 5.07. The summed E-state index contributed by atoms with van der Waals surface area (Å²) in [6.07, 6.45) is 7.35. The van der Waals surface area contributed by atoms with E-state index in [0.29, 0.717) is 0 Å². The van der Waals surface area contributed by atoms with Crippen molar-refractivity contribution < 1.29 is 0 Å². The summed E-state index contributed by atoms with van der Waals surface area (Å²) in [5, 5.41) is 10.1. The van der Waals surface area contributed by atoms with Crippen molar-refractivity contribution in [3.8, 4) is 6.19 Å². The largest absolute Gasteiger partial charge is 0.361 e. The molecule has 1 aromatic carbocycles. The van der Waals surface area contributed by atoms with E-state index < -0.39 is 0 Å². The van der Waals surface area contributed by atoms with Crippen molar-refractivity contribution in [2.75, 3.05) is 13.1 Å². The van der Waals surface area contributed by atoms with E-state index in [1.54, 1.807) is 4.90 Å². The molecule has 3 rings (SSSR count). The first-order valence-corrected chi connectivity index (χ1v) is 5.78. The van der Waals surface area contributed by atoms with Crippen LogP contribution in [0.4, 0.5) is 0 Å². The average molecular weight is 223 g/mol. The van der Waals surface area contributed by atoms with Crippen LogP contribution in [0.2, 0.25) is 0 Å². The summed E-state index contributed by atoms with van der Waals surface area (Å²) in [7, 11) is 0. The first kappa shape index (κ1) is 9.98. The third kappa shape index (κ3) is 1.68. The molecule has 1 aromatic heterocycles. The molecule has 0 unspecified atom stereocenters. The number of nitriles is 1. The number of fused-ring (bicyclic) bond motifs is 1. The highest BCUT2D eigenvalue weighted by atomic mass is 15.1. The van der Waals surface area contributed by atoms with E-state index in [1.165, 1.54) is 22.0 Å². The van der Waals surface area contributed by atoms with Gasteiger partial charge in [-0.15, -0.1) is 0 Å². The Labute approximate surface area is 100.0 Å². The molecule has 0 spiro atoms. The molecule has 2 heterocycles. The molecule has 0 bridgehead atoms. The summed E-state index contributed by atoms with van der Waals surface area (Å²) in [6, 6.07) is 8.32. The molecular formula is C14H13N3. The number of para-hydroxylation sites is 1. The van der Waals surface area contributed by atoms with Gasteiger partial charge in [0.2, 0.25) is 0 Å². The Kier molecular flexibility index (Phi) is 2.34. The maximum atomic E-state index is 8.82. The standard InChI is InChI=1S/C14H13N3/c15-10-17-7-5-11(6-8-17)13-9-16-14-4-2-1-3-12(13)14/h1-5,9,16H,6-8H2. The number of aromatic nitrogens is 1. The van der Waals surface area contributed by atoms with E-state index >= 15 is 0 Å². The lowest BCUT2D eigenvalue weighted by Crippen LogP contribution is -2.23. The van der Waals surface area contributed by atoms with Crippen LogP contribution in [0, 0.1) is 11.5 Å². The minimum Gasteiger partial charge on any atom is -0.361 e. The molecule has 0 saturated heterocycles. The normalized spacial score (nSPS) is 15.7. The molecule has 84 valence electrons. The van der Waals surface area contributed by atoms with Crippen molar-refractivity contribution in [3.63, 3.8) is 0 Å². The first-order valence-electron chi connectivity index (χ1n) is 5.78. The first-order chi connectivity index (χ1) is 8.38. The Morgan fingerprint density at radius 1 is 1.29 bits per heavy atom. The maximum Gasteiger partial charge on any atom is 0.179 e. The topological polar surface area (TPSA) is 42.8 Å². The van der Waals surface area contributed by atoms with Gasteiger partial charge in [-0.2, -0.15) is 5.26 Å². The molecule has 3 nitrogen and oxygen atoms in total. The zero-order chi connectivity index (χ0) is 11.7. The quantitative estimate of drug-likeness (QED) is 0.755. The molecule has 0 amide bonds. The number of hydrogen-bond donors (Lipinski definition) is 1. The summed E-state index contributed by atoms with van der Waals surface area (Å²) in [5.74, 6) is 0. The van der Waals surface area contributed by atoms with Crippen molar-refractivity contribution in [2.24, 2.45) is 0 Å². The van der Waals surface area contributed by atoms with E-state index in [0.717, 1.165) is 19.5 Å². The molecule has 0 atom stereocenters. The molecular weight excluding hydrogens is 210 g/mol. The molecule has 3 heteroatoms. The van der Waals surface area contributed by atoms with Gasteiger partial charge in [0.15, 0.2) is 6.19 Å². The van der Waals surface area contributed by atoms with Crippen molar-refractivity contribution in [1.82, 2.24) is 9.88 Å². The van der Waals surface area contributed by atoms with Crippen LogP contribution in [0.25, 0.3) is 16.5 Å². The number of nitrogens with one attached hydrogen (secondary N) is 1. The van der Waals surface area contributed by atoms with Gasteiger partial charge >= 0.3 is 0 Å². The van der Waals surface area contributed by atoms with Crippen LogP contribution in [-0.2, 0) is 0 Å². The number of aromatic amines is 1. The molecule has 2 aromatic rings. The molecule has 1 aliphatic heterocycles. The highest BCUT2D eigenvalue weighted by molar-refractivity contribution is 5.92. The number of H-pyrrole nitrogens is 1. The van der Waals surface area contributed by atoms with Crippen LogP contribution in [0.5, 0.6) is 0 Å². The van der Waals surface area contributed by atoms with Crippen LogP contribution >= 0.6 is 0 Å². The number of nitrogens with zero attached hydrogens (tertiary/aromatic N) is 2. The minimum atomic E-state index is 0.728. The van der Waals surface area contributed by atoms with Gasteiger partial charge in [-0.05, 0) is 18.1 Å². The van der Waals surface area contributed by atoms with E-state index in [1.807, 2.05) is 6.07 Å². The van der Waals surface area contributed by atoms with Gasteiger partial charge in [-0.3, -0.25) is 0 Å². The van der Waals surface area contributed by atoms with Gasteiger partial charge in [0, 0.05) is 35.8 Å². The second kappa shape index (κ2) is 3.99. The van der Waals surface area contributed by atoms with Crippen LogP contribution in [0.1, 0.15) is 12.0 Å². The molecule has 17 heavy (non-hydrogen) atoms. The minimum absolute atomic E-state index is 0.728. The molecule has 0 fully saturated rings. The number of benzene rings is 1. The Bertz CT molecular complexity index is 616. The predicted octanol–water partition coefficient (Wildman–Crippen LogP) is 2.74. The lowest BCUT2D eigenvalue weighted by Gasteiger charge is -2.20.